The topological polar surface area (TPSA) is 41.1 Å². The first-order valence-electron chi connectivity index (χ1n) is 10.6. The molecule has 0 bridgehead atoms. The van der Waals surface area contributed by atoms with Gasteiger partial charge in [0.1, 0.15) is 0 Å². The van der Waals surface area contributed by atoms with E-state index in [9.17, 15) is 4.79 Å². The Hall–Kier alpha value is -2.49. The molecule has 0 saturated heterocycles. The van der Waals surface area contributed by atoms with Crippen molar-refractivity contribution in [1.82, 2.24) is 5.32 Å². The summed E-state index contributed by atoms with van der Waals surface area (Å²) in [4.78, 5) is 12.5. The van der Waals surface area contributed by atoms with Gasteiger partial charge in [0.05, 0.1) is 0 Å². The van der Waals surface area contributed by atoms with Crippen LogP contribution in [0.15, 0.2) is 72.8 Å². The molecule has 1 fully saturated rings. The number of hydrogen-bond donors (Lipinski definition) is 2. The van der Waals surface area contributed by atoms with Crippen LogP contribution in [0.3, 0.4) is 0 Å². The maximum Gasteiger partial charge on any atom is 0.319 e. The molecule has 2 amide bonds. The van der Waals surface area contributed by atoms with E-state index < -0.39 is 0 Å². The van der Waals surface area contributed by atoms with Crippen molar-refractivity contribution in [3.05, 3.63) is 99.5 Å². The molecule has 1 saturated carbocycles. The summed E-state index contributed by atoms with van der Waals surface area (Å²) in [6.45, 7) is 2.01. The molecule has 0 atom stereocenters. The number of rotatable bonds is 4. The molecular weight excluding hydrogens is 427 g/mol. The van der Waals surface area contributed by atoms with Gasteiger partial charge in [0, 0.05) is 27.2 Å². The van der Waals surface area contributed by atoms with Gasteiger partial charge < -0.3 is 10.6 Å². The van der Waals surface area contributed by atoms with Crippen LogP contribution >= 0.6 is 23.2 Å². The maximum absolute atomic E-state index is 12.5. The molecule has 1 aliphatic carbocycles. The van der Waals surface area contributed by atoms with Gasteiger partial charge in [-0.15, -0.1) is 0 Å². The van der Waals surface area contributed by atoms with Crippen molar-refractivity contribution in [2.45, 2.75) is 44.1 Å². The second-order valence-corrected chi connectivity index (χ2v) is 9.21. The van der Waals surface area contributed by atoms with Crippen LogP contribution in [0.2, 0.25) is 10.0 Å². The molecule has 1 aliphatic rings. The highest BCUT2D eigenvalue weighted by atomic mass is 35.5. The van der Waals surface area contributed by atoms with Gasteiger partial charge in [0.2, 0.25) is 0 Å². The molecule has 3 nitrogen and oxygen atoms in total. The summed E-state index contributed by atoms with van der Waals surface area (Å²) < 4.78 is 0. The lowest BCUT2D eigenvalue weighted by atomic mass is 9.64. The molecule has 3 aromatic rings. The van der Waals surface area contributed by atoms with Crippen LogP contribution in [0.25, 0.3) is 0 Å². The van der Waals surface area contributed by atoms with Gasteiger partial charge in [-0.25, -0.2) is 4.79 Å². The van der Waals surface area contributed by atoms with E-state index >= 15 is 0 Å². The van der Waals surface area contributed by atoms with Crippen molar-refractivity contribution in [2.24, 2.45) is 0 Å². The van der Waals surface area contributed by atoms with Crippen molar-refractivity contribution in [3.63, 3.8) is 0 Å². The Labute approximate surface area is 193 Å². The van der Waals surface area contributed by atoms with E-state index in [1.54, 1.807) is 0 Å². The minimum atomic E-state index is -0.152. The second-order valence-electron chi connectivity index (χ2n) is 8.34. The van der Waals surface area contributed by atoms with E-state index in [0.717, 1.165) is 47.0 Å². The van der Waals surface area contributed by atoms with Crippen molar-refractivity contribution in [3.8, 4) is 0 Å². The van der Waals surface area contributed by atoms with Gasteiger partial charge in [0.15, 0.2) is 0 Å². The Kier molecular flexibility index (Phi) is 6.54. The van der Waals surface area contributed by atoms with Gasteiger partial charge in [-0.2, -0.15) is 0 Å². The molecule has 0 unspecified atom stereocenters. The van der Waals surface area contributed by atoms with E-state index in [2.05, 4.69) is 34.9 Å². The van der Waals surface area contributed by atoms with E-state index in [0.29, 0.717) is 0 Å². The van der Waals surface area contributed by atoms with Crippen LogP contribution < -0.4 is 10.6 Å². The molecule has 4 rings (SSSR count). The van der Waals surface area contributed by atoms with Gasteiger partial charge in [-0.1, -0.05) is 59.6 Å². The third-order valence-electron chi connectivity index (χ3n) is 6.24. The predicted molar refractivity (Wildman–Crippen MR) is 129 cm³/mol. The summed E-state index contributed by atoms with van der Waals surface area (Å²) in [5, 5.41) is 7.57. The summed E-state index contributed by atoms with van der Waals surface area (Å²) in [5.41, 5.74) is 4.32. The van der Waals surface area contributed by atoms with E-state index in [1.807, 2.05) is 55.5 Å². The van der Waals surface area contributed by atoms with E-state index in [4.69, 9.17) is 23.2 Å². The zero-order chi connectivity index (χ0) is 21.8. The van der Waals surface area contributed by atoms with Crippen LogP contribution in [0.1, 0.15) is 42.4 Å². The van der Waals surface area contributed by atoms with Crippen molar-refractivity contribution in [2.75, 3.05) is 5.32 Å². The smallest absolute Gasteiger partial charge is 0.319 e. The summed E-state index contributed by atoms with van der Waals surface area (Å²) in [7, 11) is 0. The number of halogens is 2. The fraction of sp³-hybridized carbons (Fsp3) is 0.269. The predicted octanol–water partition coefficient (Wildman–Crippen LogP) is 7.35. The fourth-order valence-electron chi connectivity index (χ4n) is 4.61. The molecule has 0 aromatic heterocycles. The number of urea groups is 1. The zero-order valence-electron chi connectivity index (χ0n) is 17.5. The first kappa shape index (κ1) is 21.7. The van der Waals surface area contributed by atoms with Crippen LogP contribution in [-0.4, -0.2) is 12.1 Å². The molecule has 5 heteroatoms. The fourth-order valence-corrected chi connectivity index (χ4v) is 4.86. The van der Waals surface area contributed by atoms with Crippen LogP contribution in [0.5, 0.6) is 0 Å². The van der Waals surface area contributed by atoms with Crippen molar-refractivity contribution < 1.29 is 4.79 Å². The molecule has 160 valence electrons. The van der Waals surface area contributed by atoms with Crippen LogP contribution in [-0.2, 0) is 5.41 Å². The number of nitrogens with one attached hydrogen (secondary N) is 2. The molecule has 0 radical (unpaired) electrons. The summed E-state index contributed by atoms with van der Waals surface area (Å²) >= 11 is 12.3. The first-order valence-corrected chi connectivity index (χ1v) is 11.4. The highest BCUT2D eigenvalue weighted by Crippen LogP contribution is 2.45. The Morgan fingerprint density at radius 2 is 1.42 bits per heavy atom. The van der Waals surface area contributed by atoms with Crippen LogP contribution in [0.4, 0.5) is 10.5 Å². The molecule has 0 heterocycles. The lowest BCUT2D eigenvalue weighted by molar-refractivity contribution is 0.236. The summed E-state index contributed by atoms with van der Waals surface area (Å²) in [5.74, 6) is 0. The monoisotopic (exact) mass is 452 g/mol. The molecule has 0 spiro atoms. The number of carbonyl (C=O) groups excluding carboxylic acids is 1. The zero-order valence-corrected chi connectivity index (χ0v) is 19.0. The quantitative estimate of drug-likeness (QED) is 0.426. The van der Waals surface area contributed by atoms with Gasteiger partial charge in [0.25, 0.3) is 0 Å². The van der Waals surface area contributed by atoms with Crippen LogP contribution in [0, 0.1) is 6.92 Å². The number of benzene rings is 3. The molecule has 3 aromatic carbocycles. The highest BCUT2D eigenvalue weighted by Gasteiger charge is 2.38. The molecule has 2 N–H and O–H groups in total. The minimum Gasteiger partial charge on any atom is -0.335 e. The van der Waals surface area contributed by atoms with E-state index in [1.165, 1.54) is 11.1 Å². The standard InChI is InChI=1S/C26H26Cl2N2O/c1-18-3-2-4-24(17-18)30-25(31)29-23-13-15-26(16-14-23,19-5-9-21(27)10-6-19)20-7-11-22(28)12-8-20/h2-12,17,23H,13-16H2,1H3,(H2,29,30,31). The minimum absolute atomic E-state index is 0.111. The number of hydrogen-bond acceptors (Lipinski definition) is 1. The number of carbonyl (C=O) groups is 1. The average Bonchev–Trinajstić information content (AvgIpc) is 2.75. The molecule has 31 heavy (non-hydrogen) atoms. The van der Waals surface area contributed by atoms with Gasteiger partial charge >= 0.3 is 6.03 Å². The second kappa shape index (κ2) is 9.33. The van der Waals surface area contributed by atoms with Gasteiger partial charge in [-0.05, 0) is 85.7 Å². The number of amides is 2. The number of anilines is 1. The third-order valence-corrected chi connectivity index (χ3v) is 6.75. The Morgan fingerprint density at radius 3 is 1.94 bits per heavy atom. The van der Waals surface area contributed by atoms with Gasteiger partial charge in [-0.3, -0.25) is 0 Å². The highest BCUT2D eigenvalue weighted by molar-refractivity contribution is 6.30. The Bertz CT molecular complexity index is 992. The van der Waals surface area contributed by atoms with Crippen molar-refractivity contribution >= 4 is 34.9 Å². The summed E-state index contributed by atoms with van der Waals surface area (Å²) in [6.07, 6.45) is 3.66. The Balaban J connectivity index is 1.48. The van der Waals surface area contributed by atoms with E-state index in [-0.39, 0.29) is 17.5 Å². The van der Waals surface area contributed by atoms with Crippen molar-refractivity contribution in [1.29, 1.82) is 0 Å². The number of aryl methyl sites for hydroxylation is 1. The molecule has 0 aliphatic heterocycles. The normalized spacial score (nSPS) is 16.0. The largest absolute Gasteiger partial charge is 0.335 e. The Morgan fingerprint density at radius 1 is 0.871 bits per heavy atom. The third kappa shape index (κ3) is 5.06. The first-order chi connectivity index (χ1) is 14.9. The SMILES string of the molecule is Cc1cccc(NC(=O)NC2CCC(c3ccc(Cl)cc3)(c3ccc(Cl)cc3)CC2)c1. The molecular formula is C26H26Cl2N2O. The summed E-state index contributed by atoms with van der Waals surface area (Å²) in [6, 6.07) is 24.1. The maximum atomic E-state index is 12.5. The average molecular weight is 453 g/mol. The lowest BCUT2D eigenvalue weighted by Crippen LogP contribution is -2.44. The lowest BCUT2D eigenvalue weighted by Gasteiger charge is -2.41.